The average molecular weight is 363 g/mol. The summed E-state index contributed by atoms with van der Waals surface area (Å²) in [5.41, 5.74) is 10.1. The van der Waals surface area contributed by atoms with Crippen LogP contribution in [-0.4, -0.2) is 36.1 Å². The topological polar surface area (TPSA) is 103 Å². The van der Waals surface area contributed by atoms with E-state index in [0.717, 1.165) is 56.0 Å². The van der Waals surface area contributed by atoms with Crippen LogP contribution < -0.4 is 21.3 Å². The van der Waals surface area contributed by atoms with Crippen LogP contribution in [-0.2, 0) is 12.8 Å². The van der Waals surface area contributed by atoms with Crippen LogP contribution in [0.5, 0.6) is 0 Å². The molecule has 0 radical (unpaired) electrons. The minimum Gasteiger partial charge on any atom is -0.399 e. The van der Waals surface area contributed by atoms with Gasteiger partial charge >= 0.3 is 0 Å². The van der Waals surface area contributed by atoms with Crippen molar-refractivity contribution in [2.45, 2.75) is 38.1 Å². The lowest BCUT2D eigenvalue weighted by Gasteiger charge is -2.34. The van der Waals surface area contributed by atoms with Crippen LogP contribution >= 0.6 is 0 Å². The molecule has 1 saturated heterocycles. The molecule has 4 N–H and O–H groups in total. The number of nitrogen functional groups attached to an aromatic ring is 1. The van der Waals surface area contributed by atoms with E-state index >= 15 is 0 Å². The Morgan fingerprint density at radius 2 is 2.11 bits per heavy atom. The van der Waals surface area contributed by atoms with Gasteiger partial charge in [-0.2, -0.15) is 10.2 Å². The molecule has 7 heteroatoms. The molecule has 2 aromatic rings. The van der Waals surface area contributed by atoms with Crippen LogP contribution in [0, 0.1) is 11.3 Å². The molecule has 27 heavy (non-hydrogen) atoms. The molecule has 7 nitrogen and oxygen atoms in total. The minimum absolute atomic E-state index is 0.495. The van der Waals surface area contributed by atoms with Gasteiger partial charge in [0.15, 0.2) is 0 Å². The van der Waals surface area contributed by atoms with Gasteiger partial charge in [-0.1, -0.05) is 0 Å². The summed E-state index contributed by atoms with van der Waals surface area (Å²) in [6.45, 7) is 1.99. The maximum Gasteiger partial charge on any atom is 0.229 e. The third kappa shape index (κ3) is 3.67. The molecule has 2 heterocycles. The lowest BCUT2D eigenvalue weighted by molar-refractivity contribution is 0.447. The summed E-state index contributed by atoms with van der Waals surface area (Å²) in [7, 11) is 2.03. The Hall–Kier alpha value is -2.85. The predicted octanol–water partition coefficient (Wildman–Crippen LogP) is 2.35. The Morgan fingerprint density at radius 3 is 2.93 bits per heavy atom. The number of aromatic nitrogens is 2. The van der Waals surface area contributed by atoms with Crippen LogP contribution in [0.15, 0.2) is 18.2 Å². The number of aryl methyl sites for hydroxylation is 1. The Morgan fingerprint density at radius 1 is 1.22 bits per heavy atom. The first-order valence-electron chi connectivity index (χ1n) is 9.56. The molecule has 140 valence electrons. The molecular weight excluding hydrogens is 338 g/mol. The number of piperidine rings is 1. The number of anilines is 4. The SMILES string of the molecule is CN[C@@H]1CCCN(c2nc(Nc3cc(N)cc(C#N)c3)nc3c2CCC3)C1. The monoisotopic (exact) mass is 363 g/mol. The quantitative estimate of drug-likeness (QED) is 0.717. The second-order valence-corrected chi connectivity index (χ2v) is 7.30. The number of likely N-dealkylation sites (N-methyl/N-ethyl adjacent to an activating group) is 1. The van der Waals surface area contributed by atoms with Crippen molar-refractivity contribution in [1.29, 1.82) is 5.26 Å². The molecule has 1 atom stereocenters. The first-order chi connectivity index (χ1) is 13.2. The standard InChI is InChI=1S/C20H25N7/c1-23-15-4-3-7-27(12-15)19-17-5-2-6-18(17)25-20(26-19)24-16-9-13(11-21)8-14(22)10-16/h8-10,15,23H,2-7,12,22H2,1H3,(H,24,25,26)/t15-/m1/s1. The van der Waals surface area contributed by atoms with Crippen LogP contribution in [0.2, 0.25) is 0 Å². The molecule has 2 aliphatic rings. The van der Waals surface area contributed by atoms with E-state index in [9.17, 15) is 0 Å². The fraction of sp³-hybridized carbons (Fsp3) is 0.450. The summed E-state index contributed by atoms with van der Waals surface area (Å²) >= 11 is 0. The molecule has 0 amide bonds. The highest BCUT2D eigenvalue weighted by atomic mass is 15.3. The van der Waals surface area contributed by atoms with Gasteiger partial charge in [-0.3, -0.25) is 0 Å². The van der Waals surface area contributed by atoms with Crippen molar-refractivity contribution in [2.24, 2.45) is 0 Å². The lowest BCUT2D eigenvalue weighted by Crippen LogP contribution is -2.45. The second kappa shape index (κ2) is 7.41. The van der Waals surface area contributed by atoms with E-state index in [1.165, 1.54) is 12.0 Å². The average Bonchev–Trinajstić information content (AvgIpc) is 3.15. The highest BCUT2D eigenvalue weighted by Crippen LogP contribution is 2.32. The van der Waals surface area contributed by atoms with E-state index < -0.39 is 0 Å². The molecule has 1 aliphatic carbocycles. The summed E-state index contributed by atoms with van der Waals surface area (Å²) in [6, 6.07) is 7.86. The number of nitrogens with zero attached hydrogens (tertiary/aromatic N) is 4. The predicted molar refractivity (Wildman–Crippen MR) is 107 cm³/mol. The number of hydrogen-bond donors (Lipinski definition) is 3. The molecule has 0 unspecified atom stereocenters. The summed E-state index contributed by atoms with van der Waals surface area (Å²) in [6.07, 6.45) is 5.52. The number of benzene rings is 1. The number of nitrogens with two attached hydrogens (primary N) is 1. The second-order valence-electron chi connectivity index (χ2n) is 7.30. The molecule has 0 bridgehead atoms. The van der Waals surface area contributed by atoms with Gasteiger partial charge in [0, 0.05) is 36.1 Å². The first kappa shape index (κ1) is 17.6. The number of nitriles is 1. The highest BCUT2D eigenvalue weighted by molar-refractivity contribution is 5.65. The van der Waals surface area contributed by atoms with Crippen molar-refractivity contribution >= 4 is 23.1 Å². The summed E-state index contributed by atoms with van der Waals surface area (Å²) in [5.74, 6) is 1.64. The van der Waals surface area contributed by atoms with Crippen molar-refractivity contribution in [3.63, 3.8) is 0 Å². The van der Waals surface area contributed by atoms with Crippen LogP contribution in [0.3, 0.4) is 0 Å². The normalized spacial score (nSPS) is 18.8. The van der Waals surface area contributed by atoms with E-state index in [0.29, 0.717) is 23.2 Å². The van der Waals surface area contributed by atoms with E-state index in [2.05, 4.69) is 21.6 Å². The van der Waals surface area contributed by atoms with E-state index in [4.69, 9.17) is 21.0 Å². The van der Waals surface area contributed by atoms with Crippen molar-refractivity contribution < 1.29 is 0 Å². The van der Waals surface area contributed by atoms with Crippen molar-refractivity contribution in [1.82, 2.24) is 15.3 Å². The Balaban J connectivity index is 1.67. The molecular formula is C20H25N7. The van der Waals surface area contributed by atoms with Crippen molar-refractivity contribution in [3.05, 3.63) is 35.0 Å². The van der Waals surface area contributed by atoms with Crippen LogP contribution in [0.25, 0.3) is 0 Å². The molecule has 1 aromatic heterocycles. The fourth-order valence-corrected chi connectivity index (χ4v) is 4.05. The van der Waals surface area contributed by atoms with Crippen LogP contribution in [0.4, 0.5) is 23.1 Å². The smallest absolute Gasteiger partial charge is 0.229 e. The highest BCUT2D eigenvalue weighted by Gasteiger charge is 2.26. The van der Waals surface area contributed by atoms with E-state index in [1.54, 1.807) is 18.2 Å². The molecule has 1 fully saturated rings. The summed E-state index contributed by atoms with van der Waals surface area (Å²) in [4.78, 5) is 12.0. The minimum atomic E-state index is 0.495. The maximum absolute atomic E-state index is 9.16. The van der Waals surface area contributed by atoms with E-state index in [1.807, 2.05) is 7.05 Å². The third-order valence-electron chi connectivity index (χ3n) is 5.38. The third-order valence-corrected chi connectivity index (χ3v) is 5.38. The number of fused-ring (bicyclic) bond motifs is 1. The lowest BCUT2D eigenvalue weighted by atomic mass is 10.1. The van der Waals surface area contributed by atoms with Gasteiger partial charge in [-0.25, -0.2) is 4.98 Å². The fourth-order valence-electron chi connectivity index (χ4n) is 4.05. The van der Waals surface area contributed by atoms with E-state index in [-0.39, 0.29) is 0 Å². The van der Waals surface area contributed by atoms with Crippen molar-refractivity contribution in [3.8, 4) is 6.07 Å². The molecule has 0 spiro atoms. The maximum atomic E-state index is 9.16. The number of rotatable bonds is 4. The van der Waals surface area contributed by atoms with Crippen molar-refractivity contribution in [2.75, 3.05) is 36.1 Å². The zero-order valence-electron chi connectivity index (χ0n) is 15.6. The molecule has 4 rings (SSSR count). The summed E-state index contributed by atoms with van der Waals surface area (Å²) in [5, 5.41) is 15.8. The Labute approximate surface area is 159 Å². The largest absolute Gasteiger partial charge is 0.399 e. The van der Waals surface area contributed by atoms with Gasteiger partial charge in [-0.15, -0.1) is 0 Å². The summed E-state index contributed by atoms with van der Waals surface area (Å²) < 4.78 is 0. The van der Waals surface area contributed by atoms with Gasteiger partial charge in [0.25, 0.3) is 0 Å². The zero-order valence-corrected chi connectivity index (χ0v) is 15.6. The van der Waals surface area contributed by atoms with Crippen LogP contribution in [0.1, 0.15) is 36.1 Å². The van der Waals surface area contributed by atoms with Gasteiger partial charge in [0.1, 0.15) is 5.82 Å². The first-order valence-corrected chi connectivity index (χ1v) is 9.56. The Kier molecular flexibility index (Phi) is 4.82. The number of nitrogens with one attached hydrogen (secondary N) is 2. The van der Waals surface area contributed by atoms with Gasteiger partial charge in [0.05, 0.1) is 17.3 Å². The van der Waals surface area contributed by atoms with Gasteiger partial charge < -0.3 is 21.3 Å². The van der Waals surface area contributed by atoms with Gasteiger partial charge in [0.2, 0.25) is 5.95 Å². The zero-order chi connectivity index (χ0) is 18.8. The number of hydrogen-bond acceptors (Lipinski definition) is 7. The molecule has 1 aromatic carbocycles. The Bertz CT molecular complexity index is 887. The van der Waals surface area contributed by atoms with Gasteiger partial charge in [-0.05, 0) is 57.4 Å². The molecule has 0 saturated carbocycles. The molecule has 1 aliphatic heterocycles.